The first-order valence-electron chi connectivity index (χ1n) is 10.6. The van der Waals surface area contributed by atoms with Crippen molar-refractivity contribution in [2.45, 2.75) is 50.9 Å². The van der Waals surface area contributed by atoms with Crippen LogP contribution in [0.3, 0.4) is 0 Å². The van der Waals surface area contributed by atoms with E-state index in [1.807, 2.05) is 13.8 Å². The molecular formula is C22H27F2N7O. The molecule has 0 radical (unpaired) electrons. The van der Waals surface area contributed by atoms with Crippen molar-refractivity contribution in [3.63, 3.8) is 0 Å². The van der Waals surface area contributed by atoms with Gasteiger partial charge in [-0.15, -0.1) is 0 Å². The van der Waals surface area contributed by atoms with Gasteiger partial charge in [-0.1, -0.05) is 6.07 Å². The Morgan fingerprint density at radius 1 is 1.22 bits per heavy atom. The van der Waals surface area contributed by atoms with Gasteiger partial charge < -0.3 is 10.4 Å². The van der Waals surface area contributed by atoms with Gasteiger partial charge in [-0.2, -0.15) is 5.10 Å². The second kappa shape index (κ2) is 9.25. The molecule has 170 valence electrons. The third-order valence-electron chi connectivity index (χ3n) is 6.15. The highest BCUT2D eigenvalue weighted by Gasteiger charge is 2.42. The lowest BCUT2D eigenvalue weighted by molar-refractivity contribution is -0.0686. The average Bonchev–Trinajstić information content (AvgIpc) is 3.28. The van der Waals surface area contributed by atoms with Crippen molar-refractivity contribution in [3.05, 3.63) is 66.0 Å². The minimum absolute atomic E-state index is 0.00783. The summed E-state index contributed by atoms with van der Waals surface area (Å²) in [6.07, 6.45) is 8.00. The van der Waals surface area contributed by atoms with Gasteiger partial charge >= 0.3 is 0 Å². The number of rotatable bonds is 7. The minimum Gasteiger partial charge on any atom is -0.381 e. The summed E-state index contributed by atoms with van der Waals surface area (Å²) in [5.74, 6) is -0.877. The maximum absolute atomic E-state index is 14.7. The van der Waals surface area contributed by atoms with E-state index in [0.717, 1.165) is 30.5 Å². The maximum Gasteiger partial charge on any atom is 0.222 e. The summed E-state index contributed by atoms with van der Waals surface area (Å²) in [6.45, 7) is 5.16. The fourth-order valence-electron chi connectivity index (χ4n) is 4.23. The Morgan fingerprint density at radius 2 is 1.94 bits per heavy atom. The monoisotopic (exact) mass is 443 g/mol. The largest absolute Gasteiger partial charge is 0.381 e. The molecule has 1 fully saturated rings. The summed E-state index contributed by atoms with van der Waals surface area (Å²) in [7, 11) is 0. The number of nitrogens with one attached hydrogen (secondary N) is 1. The van der Waals surface area contributed by atoms with E-state index < -0.39 is 23.3 Å². The minimum atomic E-state index is -1.63. The normalized spacial score (nSPS) is 18.3. The van der Waals surface area contributed by atoms with Gasteiger partial charge in [0.15, 0.2) is 0 Å². The van der Waals surface area contributed by atoms with Crippen LogP contribution in [0.4, 0.5) is 14.7 Å². The van der Waals surface area contributed by atoms with Crippen LogP contribution in [-0.2, 0) is 12.1 Å². The number of hydrogen-bond acceptors (Lipinski definition) is 7. The van der Waals surface area contributed by atoms with Crippen molar-refractivity contribution >= 4 is 5.95 Å². The van der Waals surface area contributed by atoms with Crippen LogP contribution in [0, 0.1) is 18.6 Å². The Kier molecular flexibility index (Phi) is 6.43. The van der Waals surface area contributed by atoms with Crippen LogP contribution in [0.1, 0.15) is 30.9 Å². The molecule has 0 saturated carbocycles. The first kappa shape index (κ1) is 22.2. The highest BCUT2D eigenvalue weighted by molar-refractivity contribution is 5.28. The van der Waals surface area contributed by atoms with Crippen molar-refractivity contribution in [1.29, 1.82) is 0 Å². The molecule has 10 heteroatoms. The van der Waals surface area contributed by atoms with Crippen LogP contribution in [0.2, 0.25) is 0 Å². The molecule has 3 heterocycles. The van der Waals surface area contributed by atoms with E-state index in [9.17, 15) is 13.9 Å². The standard InChI is InChI=1S/C22H27F2N7O/c1-15-10-26-21(27-11-15)29-18-5-7-30(8-6-18)16(2)22(32,12-31-14-25-13-28-31)19-4-3-17(23)9-20(19)24/h3-4,9-11,13-14,16,18,32H,5-8,12H2,1-2H3,(H,26,27,29)/t16-,22-/m1/s1. The molecule has 0 spiro atoms. The van der Waals surface area contributed by atoms with Crippen LogP contribution in [-0.4, -0.2) is 59.9 Å². The molecule has 0 aliphatic carbocycles. The fraction of sp³-hybridized carbons (Fsp3) is 0.455. The van der Waals surface area contributed by atoms with Crippen LogP contribution >= 0.6 is 0 Å². The zero-order valence-electron chi connectivity index (χ0n) is 18.1. The number of hydrogen-bond donors (Lipinski definition) is 2. The van der Waals surface area contributed by atoms with Gasteiger partial charge in [-0.05, 0) is 38.3 Å². The number of piperidine rings is 1. The molecule has 3 aromatic rings. The average molecular weight is 444 g/mol. The Morgan fingerprint density at radius 3 is 2.56 bits per heavy atom. The molecule has 2 atom stereocenters. The SMILES string of the molecule is Cc1cnc(NC2CCN([C@H](C)[C@](O)(Cn3cncn3)c3ccc(F)cc3F)CC2)nc1. The van der Waals surface area contributed by atoms with Gasteiger partial charge in [-0.3, -0.25) is 4.90 Å². The van der Waals surface area contributed by atoms with Crippen molar-refractivity contribution < 1.29 is 13.9 Å². The molecule has 1 saturated heterocycles. The Bertz CT molecular complexity index is 1020. The third kappa shape index (κ3) is 4.76. The van der Waals surface area contributed by atoms with E-state index in [-0.39, 0.29) is 18.2 Å². The molecule has 1 aromatic carbocycles. The summed E-state index contributed by atoms with van der Waals surface area (Å²) in [4.78, 5) is 14.6. The lowest BCUT2D eigenvalue weighted by atomic mass is 9.84. The van der Waals surface area contributed by atoms with Crippen molar-refractivity contribution in [3.8, 4) is 0 Å². The molecule has 0 bridgehead atoms. The van der Waals surface area contributed by atoms with Gasteiger partial charge in [0.25, 0.3) is 0 Å². The fourth-order valence-corrected chi connectivity index (χ4v) is 4.23. The first-order valence-corrected chi connectivity index (χ1v) is 10.6. The zero-order chi connectivity index (χ0) is 22.7. The molecular weight excluding hydrogens is 416 g/mol. The molecule has 32 heavy (non-hydrogen) atoms. The first-order chi connectivity index (χ1) is 15.3. The summed E-state index contributed by atoms with van der Waals surface area (Å²) in [5.41, 5.74) is -0.597. The highest BCUT2D eigenvalue weighted by atomic mass is 19.1. The molecule has 8 nitrogen and oxygen atoms in total. The molecule has 1 aliphatic heterocycles. The van der Waals surface area contributed by atoms with Gasteiger partial charge in [0.1, 0.15) is 29.9 Å². The van der Waals surface area contributed by atoms with Gasteiger partial charge in [0.2, 0.25) is 5.95 Å². The van der Waals surface area contributed by atoms with Crippen LogP contribution in [0.5, 0.6) is 0 Å². The topological polar surface area (TPSA) is 92.0 Å². The molecule has 2 aromatic heterocycles. The number of aryl methyl sites for hydroxylation is 1. The smallest absolute Gasteiger partial charge is 0.222 e. The lowest BCUT2D eigenvalue weighted by Gasteiger charge is -2.44. The van der Waals surface area contributed by atoms with E-state index in [4.69, 9.17) is 0 Å². The molecule has 0 unspecified atom stereocenters. The summed E-state index contributed by atoms with van der Waals surface area (Å²) in [5, 5.41) is 19.2. The van der Waals surface area contributed by atoms with E-state index in [0.29, 0.717) is 19.0 Å². The lowest BCUT2D eigenvalue weighted by Crippen LogP contribution is -2.55. The van der Waals surface area contributed by atoms with Gasteiger partial charge in [0.05, 0.1) is 6.54 Å². The predicted molar refractivity (Wildman–Crippen MR) is 115 cm³/mol. The molecule has 1 aliphatic rings. The maximum atomic E-state index is 14.7. The number of benzene rings is 1. The predicted octanol–water partition coefficient (Wildman–Crippen LogP) is 2.51. The van der Waals surface area contributed by atoms with Crippen LogP contribution in [0.15, 0.2) is 43.2 Å². The summed E-state index contributed by atoms with van der Waals surface area (Å²) >= 11 is 0. The highest BCUT2D eigenvalue weighted by Crippen LogP contribution is 2.34. The van der Waals surface area contributed by atoms with Crippen molar-refractivity contribution in [2.24, 2.45) is 0 Å². The summed E-state index contributed by atoms with van der Waals surface area (Å²) in [6, 6.07) is 3.01. The van der Waals surface area contributed by atoms with E-state index in [1.165, 1.54) is 23.4 Å². The zero-order valence-corrected chi connectivity index (χ0v) is 18.1. The number of nitrogens with zero attached hydrogens (tertiary/aromatic N) is 6. The number of aromatic nitrogens is 5. The number of aliphatic hydroxyl groups is 1. The van der Waals surface area contributed by atoms with Gasteiger partial charge in [0, 0.05) is 49.2 Å². The van der Waals surface area contributed by atoms with Crippen LogP contribution < -0.4 is 5.32 Å². The van der Waals surface area contributed by atoms with E-state index in [1.54, 1.807) is 12.4 Å². The number of likely N-dealkylation sites (tertiary alicyclic amines) is 1. The second-order valence-electron chi connectivity index (χ2n) is 8.36. The van der Waals surface area contributed by atoms with Gasteiger partial charge in [-0.25, -0.2) is 28.4 Å². The van der Waals surface area contributed by atoms with Crippen molar-refractivity contribution in [1.82, 2.24) is 29.6 Å². The van der Waals surface area contributed by atoms with Crippen molar-refractivity contribution in [2.75, 3.05) is 18.4 Å². The molecule has 4 rings (SSSR count). The Hall–Kier alpha value is -2.98. The quantitative estimate of drug-likeness (QED) is 0.580. The van der Waals surface area contributed by atoms with E-state index >= 15 is 0 Å². The number of anilines is 1. The number of halogens is 2. The second-order valence-corrected chi connectivity index (χ2v) is 8.36. The van der Waals surface area contributed by atoms with Crippen LogP contribution in [0.25, 0.3) is 0 Å². The molecule has 0 amide bonds. The summed E-state index contributed by atoms with van der Waals surface area (Å²) < 4.78 is 29.7. The Labute approximate surface area is 185 Å². The third-order valence-corrected chi connectivity index (χ3v) is 6.15. The molecule has 2 N–H and O–H groups in total. The Balaban J connectivity index is 1.50. The van der Waals surface area contributed by atoms with E-state index in [2.05, 4.69) is 30.3 Å².